The first kappa shape index (κ1) is 16.5. The molecule has 5 nitrogen and oxygen atoms in total. The molecule has 2 aromatic carbocycles. The summed E-state index contributed by atoms with van der Waals surface area (Å²) < 4.78 is 10.6. The Labute approximate surface area is 146 Å². The second kappa shape index (κ2) is 7.45. The van der Waals surface area contributed by atoms with Crippen LogP contribution in [0.5, 0.6) is 11.5 Å². The van der Waals surface area contributed by atoms with E-state index in [0.717, 1.165) is 29.0 Å². The summed E-state index contributed by atoms with van der Waals surface area (Å²) >= 11 is 5.96. The SMILES string of the molecule is CN(Cc1cccc(Cl)c1)C(=O)NCCc1ccc2c(c1)OCO2. The van der Waals surface area contributed by atoms with Crippen molar-refractivity contribution in [1.29, 1.82) is 0 Å². The number of nitrogens with one attached hydrogen (secondary N) is 1. The van der Waals surface area contributed by atoms with E-state index >= 15 is 0 Å². The lowest BCUT2D eigenvalue weighted by Gasteiger charge is -2.18. The Kier molecular flexibility index (Phi) is 5.11. The highest BCUT2D eigenvalue weighted by atomic mass is 35.5. The van der Waals surface area contributed by atoms with E-state index in [4.69, 9.17) is 21.1 Å². The van der Waals surface area contributed by atoms with Crippen LogP contribution < -0.4 is 14.8 Å². The van der Waals surface area contributed by atoms with E-state index in [9.17, 15) is 4.79 Å². The Morgan fingerprint density at radius 2 is 2.00 bits per heavy atom. The lowest BCUT2D eigenvalue weighted by molar-refractivity contribution is 0.174. The fourth-order valence-corrected chi connectivity index (χ4v) is 2.74. The minimum atomic E-state index is -0.115. The van der Waals surface area contributed by atoms with Gasteiger partial charge in [0.15, 0.2) is 11.5 Å². The zero-order chi connectivity index (χ0) is 16.9. The molecule has 0 bridgehead atoms. The normalized spacial score (nSPS) is 12.1. The maximum Gasteiger partial charge on any atom is 0.317 e. The summed E-state index contributed by atoms with van der Waals surface area (Å²) in [5.41, 5.74) is 2.09. The van der Waals surface area contributed by atoms with Gasteiger partial charge in [-0.2, -0.15) is 0 Å². The summed E-state index contributed by atoms with van der Waals surface area (Å²) in [5.74, 6) is 1.53. The minimum absolute atomic E-state index is 0.115. The van der Waals surface area contributed by atoms with E-state index in [2.05, 4.69) is 5.32 Å². The monoisotopic (exact) mass is 346 g/mol. The van der Waals surface area contributed by atoms with Crippen LogP contribution in [0.2, 0.25) is 5.02 Å². The Morgan fingerprint density at radius 1 is 1.17 bits per heavy atom. The minimum Gasteiger partial charge on any atom is -0.454 e. The van der Waals surface area contributed by atoms with Gasteiger partial charge >= 0.3 is 6.03 Å². The van der Waals surface area contributed by atoms with Crippen molar-refractivity contribution in [2.75, 3.05) is 20.4 Å². The molecule has 24 heavy (non-hydrogen) atoms. The quantitative estimate of drug-likeness (QED) is 0.902. The summed E-state index contributed by atoms with van der Waals surface area (Å²) in [4.78, 5) is 13.8. The van der Waals surface area contributed by atoms with Crippen molar-refractivity contribution in [3.05, 3.63) is 58.6 Å². The highest BCUT2D eigenvalue weighted by molar-refractivity contribution is 6.30. The first-order valence-corrected chi connectivity index (χ1v) is 8.11. The van der Waals surface area contributed by atoms with Crippen LogP contribution in [0.25, 0.3) is 0 Å². The molecule has 0 unspecified atom stereocenters. The third kappa shape index (κ3) is 4.11. The van der Waals surface area contributed by atoms with Crippen LogP contribution in [0.3, 0.4) is 0 Å². The topological polar surface area (TPSA) is 50.8 Å². The lowest BCUT2D eigenvalue weighted by Crippen LogP contribution is -2.37. The number of nitrogens with zero attached hydrogens (tertiary/aromatic N) is 1. The zero-order valence-corrected chi connectivity index (χ0v) is 14.2. The molecule has 0 radical (unpaired) electrons. The van der Waals surface area contributed by atoms with Gasteiger partial charge in [0.05, 0.1) is 0 Å². The third-order valence-electron chi connectivity index (χ3n) is 3.78. The van der Waals surface area contributed by atoms with Gasteiger partial charge in [0.1, 0.15) is 0 Å². The van der Waals surface area contributed by atoms with Gasteiger partial charge in [-0.05, 0) is 41.8 Å². The molecule has 6 heteroatoms. The summed E-state index contributed by atoms with van der Waals surface area (Å²) in [6.07, 6.45) is 0.730. The zero-order valence-electron chi connectivity index (χ0n) is 13.4. The maximum atomic E-state index is 12.1. The average molecular weight is 347 g/mol. The molecule has 0 saturated carbocycles. The molecule has 0 saturated heterocycles. The van der Waals surface area contributed by atoms with Crippen molar-refractivity contribution in [3.63, 3.8) is 0 Å². The molecule has 1 N–H and O–H groups in total. The number of hydrogen-bond donors (Lipinski definition) is 1. The summed E-state index contributed by atoms with van der Waals surface area (Å²) in [6, 6.07) is 13.2. The number of urea groups is 1. The third-order valence-corrected chi connectivity index (χ3v) is 4.02. The predicted molar refractivity (Wildman–Crippen MR) is 92.6 cm³/mol. The Morgan fingerprint density at radius 3 is 2.83 bits per heavy atom. The molecule has 126 valence electrons. The molecule has 2 aromatic rings. The van der Waals surface area contributed by atoms with E-state index in [1.807, 2.05) is 42.5 Å². The predicted octanol–water partition coefficient (Wildman–Crippen LogP) is 3.45. The smallest absolute Gasteiger partial charge is 0.317 e. The number of carbonyl (C=O) groups excluding carboxylic acids is 1. The van der Waals surface area contributed by atoms with Gasteiger partial charge < -0.3 is 19.7 Å². The van der Waals surface area contributed by atoms with Crippen molar-refractivity contribution < 1.29 is 14.3 Å². The van der Waals surface area contributed by atoms with Gasteiger partial charge in [-0.15, -0.1) is 0 Å². The van der Waals surface area contributed by atoms with Crippen molar-refractivity contribution in [2.24, 2.45) is 0 Å². The van der Waals surface area contributed by atoms with E-state index in [1.54, 1.807) is 11.9 Å². The molecule has 3 rings (SSSR count). The second-order valence-electron chi connectivity index (χ2n) is 5.66. The van der Waals surface area contributed by atoms with Gasteiger partial charge in [-0.3, -0.25) is 0 Å². The molecule has 1 heterocycles. The Bertz CT molecular complexity index is 736. The van der Waals surface area contributed by atoms with Gasteiger partial charge in [0, 0.05) is 25.2 Å². The number of benzene rings is 2. The lowest BCUT2D eigenvalue weighted by atomic mass is 10.1. The molecule has 0 fully saturated rings. The second-order valence-corrected chi connectivity index (χ2v) is 6.09. The van der Waals surface area contributed by atoms with E-state index in [-0.39, 0.29) is 12.8 Å². The molecule has 0 aromatic heterocycles. The van der Waals surface area contributed by atoms with Crippen molar-refractivity contribution in [3.8, 4) is 11.5 Å². The van der Waals surface area contributed by atoms with Crippen molar-refractivity contribution in [2.45, 2.75) is 13.0 Å². The largest absolute Gasteiger partial charge is 0.454 e. The van der Waals surface area contributed by atoms with Crippen LogP contribution in [0.15, 0.2) is 42.5 Å². The van der Waals surface area contributed by atoms with Gasteiger partial charge in [0.25, 0.3) is 0 Å². The van der Waals surface area contributed by atoms with Crippen molar-refractivity contribution in [1.82, 2.24) is 10.2 Å². The standard InChI is InChI=1S/C18H19ClN2O3/c1-21(11-14-3-2-4-15(19)9-14)18(22)20-8-7-13-5-6-16-17(10-13)24-12-23-16/h2-6,9-10H,7-8,11-12H2,1H3,(H,20,22). The fourth-order valence-electron chi connectivity index (χ4n) is 2.53. The molecular weight excluding hydrogens is 328 g/mol. The van der Waals surface area contributed by atoms with E-state index < -0.39 is 0 Å². The molecular formula is C18H19ClN2O3. The number of ether oxygens (including phenoxy) is 2. The first-order chi connectivity index (χ1) is 11.6. The average Bonchev–Trinajstić information content (AvgIpc) is 3.02. The van der Waals surface area contributed by atoms with Crippen molar-refractivity contribution >= 4 is 17.6 Å². The number of rotatable bonds is 5. The molecule has 0 spiro atoms. The molecule has 1 aliphatic rings. The van der Waals surface area contributed by atoms with Gasteiger partial charge in [-0.1, -0.05) is 29.8 Å². The fraction of sp³-hybridized carbons (Fsp3) is 0.278. The van der Waals surface area contributed by atoms with E-state index in [1.165, 1.54) is 0 Å². The summed E-state index contributed by atoms with van der Waals surface area (Å²) in [6.45, 7) is 1.33. The maximum absolute atomic E-state index is 12.1. The Hall–Kier alpha value is -2.40. The van der Waals surface area contributed by atoms with Gasteiger partial charge in [-0.25, -0.2) is 4.79 Å². The molecule has 1 aliphatic heterocycles. The van der Waals surface area contributed by atoms with E-state index in [0.29, 0.717) is 18.1 Å². The number of fused-ring (bicyclic) bond motifs is 1. The highest BCUT2D eigenvalue weighted by Crippen LogP contribution is 2.32. The number of carbonyl (C=O) groups is 1. The van der Waals surface area contributed by atoms with Crippen LogP contribution in [-0.2, 0) is 13.0 Å². The highest BCUT2D eigenvalue weighted by Gasteiger charge is 2.13. The van der Waals surface area contributed by atoms with Crippen LogP contribution in [0.4, 0.5) is 4.79 Å². The van der Waals surface area contributed by atoms with Crippen LogP contribution in [-0.4, -0.2) is 31.3 Å². The number of halogens is 1. The molecule has 2 amide bonds. The number of amides is 2. The number of hydrogen-bond acceptors (Lipinski definition) is 3. The van der Waals surface area contributed by atoms with Crippen LogP contribution in [0.1, 0.15) is 11.1 Å². The Balaban J connectivity index is 1.46. The summed E-state index contributed by atoms with van der Waals surface area (Å²) in [5, 5.41) is 3.59. The molecule has 0 atom stereocenters. The van der Waals surface area contributed by atoms with Crippen LogP contribution in [0, 0.1) is 0 Å². The first-order valence-electron chi connectivity index (χ1n) is 7.74. The molecule has 0 aliphatic carbocycles. The van der Waals surface area contributed by atoms with Crippen LogP contribution >= 0.6 is 11.6 Å². The van der Waals surface area contributed by atoms with Gasteiger partial charge in [0.2, 0.25) is 6.79 Å². The summed E-state index contributed by atoms with van der Waals surface area (Å²) in [7, 11) is 1.76.